The number of benzene rings is 1. The van der Waals surface area contributed by atoms with Gasteiger partial charge in [-0.05, 0) is 67.5 Å². The number of thioether (sulfide) groups is 1. The van der Waals surface area contributed by atoms with Crippen molar-refractivity contribution < 1.29 is 4.79 Å². The van der Waals surface area contributed by atoms with Crippen molar-refractivity contribution in [1.29, 1.82) is 0 Å². The smallest absolute Gasteiger partial charge is 0.228 e. The number of nitrogens with zero attached hydrogens (tertiary/aromatic N) is 2. The van der Waals surface area contributed by atoms with Gasteiger partial charge in [-0.15, -0.1) is 0 Å². The molecule has 2 aliphatic heterocycles. The topological polar surface area (TPSA) is 61.0 Å². The summed E-state index contributed by atoms with van der Waals surface area (Å²) in [7, 11) is 0. The minimum absolute atomic E-state index is 0.102. The van der Waals surface area contributed by atoms with E-state index in [1.54, 1.807) is 6.20 Å². The second-order valence-electron chi connectivity index (χ2n) is 7.21. The Kier molecular flexibility index (Phi) is 5.60. The molecule has 5 nitrogen and oxygen atoms in total. The maximum atomic E-state index is 12.8. The molecule has 0 bridgehead atoms. The summed E-state index contributed by atoms with van der Waals surface area (Å²) in [5.74, 6) is 2.79. The molecule has 138 valence electrons. The number of aromatic nitrogens is 2. The highest BCUT2D eigenvalue weighted by atomic mass is 32.2. The lowest BCUT2D eigenvalue weighted by atomic mass is 9.94. The molecule has 2 N–H and O–H groups in total. The molecule has 0 spiro atoms. The Hall–Kier alpha value is -1.79. The van der Waals surface area contributed by atoms with Gasteiger partial charge in [-0.1, -0.05) is 12.1 Å². The maximum Gasteiger partial charge on any atom is 0.228 e. The van der Waals surface area contributed by atoms with E-state index in [2.05, 4.69) is 32.2 Å². The van der Waals surface area contributed by atoms with Crippen molar-refractivity contribution in [2.75, 3.05) is 29.9 Å². The predicted octanol–water partition coefficient (Wildman–Crippen LogP) is 3.62. The van der Waals surface area contributed by atoms with Crippen molar-refractivity contribution in [1.82, 2.24) is 15.1 Å². The number of nitrogens with one attached hydrogen (secondary N) is 2. The van der Waals surface area contributed by atoms with Crippen LogP contribution in [0.5, 0.6) is 0 Å². The lowest BCUT2D eigenvalue weighted by molar-refractivity contribution is -0.121. The fourth-order valence-electron chi connectivity index (χ4n) is 4.00. The van der Waals surface area contributed by atoms with Crippen LogP contribution in [0.15, 0.2) is 36.5 Å². The van der Waals surface area contributed by atoms with E-state index in [1.807, 2.05) is 30.3 Å². The first-order valence-corrected chi connectivity index (χ1v) is 10.7. The van der Waals surface area contributed by atoms with Crippen molar-refractivity contribution in [3.8, 4) is 11.3 Å². The van der Waals surface area contributed by atoms with Crippen LogP contribution >= 0.6 is 11.8 Å². The third-order valence-electron chi connectivity index (χ3n) is 5.50. The van der Waals surface area contributed by atoms with Crippen LogP contribution in [-0.4, -0.2) is 51.6 Å². The highest BCUT2D eigenvalue weighted by Gasteiger charge is 2.30. The molecule has 2 fully saturated rings. The number of aromatic amines is 1. The summed E-state index contributed by atoms with van der Waals surface area (Å²) in [5, 5.41) is 10.0. The van der Waals surface area contributed by atoms with Crippen molar-refractivity contribution in [2.24, 2.45) is 5.92 Å². The summed E-state index contributed by atoms with van der Waals surface area (Å²) in [4.78, 5) is 15.3. The first kappa shape index (κ1) is 17.6. The maximum absolute atomic E-state index is 12.8. The predicted molar refractivity (Wildman–Crippen MR) is 107 cm³/mol. The van der Waals surface area contributed by atoms with E-state index < -0.39 is 0 Å². The van der Waals surface area contributed by atoms with Crippen LogP contribution in [0, 0.1) is 5.92 Å². The highest BCUT2D eigenvalue weighted by Crippen LogP contribution is 2.27. The molecule has 3 heterocycles. The van der Waals surface area contributed by atoms with Crippen LogP contribution in [0.2, 0.25) is 0 Å². The average Bonchev–Trinajstić information content (AvgIpc) is 3.24. The molecular formula is C20H26N4OS. The van der Waals surface area contributed by atoms with E-state index >= 15 is 0 Å². The molecule has 2 aromatic rings. The third-order valence-corrected chi connectivity index (χ3v) is 6.54. The molecule has 1 atom stereocenters. The molecule has 2 saturated heterocycles. The molecule has 26 heavy (non-hydrogen) atoms. The highest BCUT2D eigenvalue weighted by molar-refractivity contribution is 7.99. The van der Waals surface area contributed by atoms with Crippen LogP contribution in [0.25, 0.3) is 11.3 Å². The molecule has 1 aromatic carbocycles. The van der Waals surface area contributed by atoms with Crippen molar-refractivity contribution in [3.05, 3.63) is 36.5 Å². The van der Waals surface area contributed by atoms with Gasteiger partial charge in [-0.2, -0.15) is 16.9 Å². The van der Waals surface area contributed by atoms with Gasteiger partial charge in [0.2, 0.25) is 5.91 Å². The molecule has 0 radical (unpaired) electrons. The fourth-order valence-corrected chi connectivity index (χ4v) is 5.08. The zero-order valence-electron chi connectivity index (χ0n) is 15.0. The summed E-state index contributed by atoms with van der Waals surface area (Å²) < 4.78 is 0. The van der Waals surface area contributed by atoms with Crippen LogP contribution < -0.4 is 5.32 Å². The van der Waals surface area contributed by atoms with Crippen LogP contribution in [0.1, 0.15) is 25.7 Å². The third kappa shape index (κ3) is 4.13. The largest absolute Gasteiger partial charge is 0.326 e. The second-order valence-corrected chi connectivity index (χ2v) is 8.44. The Morgan fingerprint density at radius 1 is 1.15 bits per heavy atom. The molecule has 1 amide bonds. The van der Waals surface area contributed by atoms with E-state index in [0.717, 1.165) is 42.9 Å². The number of likely N-dealkylation sites (tertiary alicyclic amines) is 1. The van der Waals surface area contributed by atoms with Crippen molar-refractivity contribution in [3.63, 3.8) is 0 Å². The van der Waals surface area contributed by atoms with Crippen LogP contribution in [0.3, 0.4) is 0 Å². The Morgan fingerprint density at radius 3 is 2.69 bits per heavy atom. The van der Waals surface area contributed by atoms with Gasteiger partial charge in [0.1, 0.15) is 0 Å². The lowest BCUT2D eigenvalue weighted by Crippen LogP contribution is -2.47. The first-order chi connectivity index (χ1) is 12.8. The molecular weight excluding hydrogens is 344 g/mol. The van der Waals surface area contributed by atoms with E-state index in [4.69, 9.17) is 0 Å². The van der Waals surface area contributed by atoms with E-state index in [9.17, 15) is 4.79 Å². The number of rotatable bonds is 4. The van der Waals surface area contributed by atoms with E-state index in [-0.39, 0.29) is 11.8 Å². The number of anilines is 1. The molecule has 0 saturated carbocycles. The minimum Gasteiger partial charge on any atom is -0.326 e. The standard InChI is InChI=1S/C20H26N4OS/c25-20(16-2-1-11-24(14-16)18-8-12-26-13-9-18)22-17-5-3-15(4-6-17)19-7-10-21-23-19/h3-7,10,16,18H,1-2,8-9,11-14H2,(H,21,23)(H,22,25)/t16-/m0/s1. The number of carbonyl (C=O) groups excluding carboxylic acids is 1. The fraction of sp³-hybridized carbons (Fsp3) is 0.500. The van der Waals surface area contributed by atoms with Gasteiger partial charge in [0.05, 0.1) is 11.6 Å². The zero-order chi connectivity index (χ0) is 17.8. The Morgan fingerprint density at radius 2 is 1.96 bits per heavy atom. The number of hydrogen-bond donors (Lipinski definition) is 2. The van der Waals surface area contributed by atoms with Gasteiger partial charge in [0.15, 0.2) is 0 Å². The molecule has 1 aromatic heterocycles. The van der Waals surface area contributed by atoms with Gasteiger partial charge in [-0.25, -0.2) is 0 Å². The van der Waals surface area contributed by atoms with Gasteiger partial charge in [0, 0.05) is 24.5 Å². The van der Waals surface area contributed by atoms with E-state index in [1.165, 1.54) is 24.3 Å². The molecule has 6 heteroatoms. The van der Waals surface area contributed by atoms with E-state index in [0.29, 0.717) is 6.04 Å². The quantitative estimate of drug-likeness (QED) is 0.863. The summed E-state index contributed by atoms with van der Waals surface area (Å²) in [6.45, 7) is 2.06. The zero-order valence-corrected chi connectivity index (χ0v) is 15.8. The molecule has 0 aliphatic carbocycles. The number of piperidine rings is 1. The lowest BCUT2D eigenvalue weighted by Gasteiger charge is -2.39. The monoisotopic (exact) mass is 370 g/mol. The summed E-state index contributed by atoms with van der Waals surface area (Å²) in [6, 6.07) is 10.6. The summed E-state index contributed by atoms with van der Waals surface area (Å²) in [6.07, 6.45) is 6.41. The SMILES string of the molecule is O=C(Nc1ccc(-c2ccn[nH]2)cc1)[C@H]1CCCN(C2CCSCC2)C1. The molecule has 4 rings (SSSR count). The minimum atomic E-state index is 0.102. The number of hydrogen-bond acceptors (Lipinski definition) is 4. The average molecular weight is 371 g/mol. The summed E-state index contributed by atoms with van der Waals surface area (Å²) in [5.41, 5.74) is 2.92. The Labute approximate surface area is 158 Å². The number of amides is 1. The Balaban J connectivity index is 1.35. The second kappa shape index (κ2) is 8.27. The van der Waals surface area contributed by atoms with Gasteiger partial charge >= 0.3 is 0 Å². The first-order valence-electron chi connectivity index (χ1n) is 9.52. The van der Waals surface area contributed by atoms with Gasteiger partial charge in [-0.3, -0.25) is 14.8 Å². The normalized spacial score (nSPS) is 22.2. The van der Waals surface area contributed by atoms with Crippen molar-refractivity contribution >= 4 is 23.4 Å². The van der Waals surface area contributed by atoms with Gasteiger partial charge in [0.25, 0.3) is 0 Å². The number of carbonyl (C=O) groups is 1. The number of H-pyrrole nitrogens is 1. The Bertz CT molecular complexity index is 710. The van der Waals surface area contributed by atoms with Crippen molar-refractivity contribution in [2.45, 2.75) is 31.7 Å². The molecule has 2 aliphatic rings. The summed E-state index contributed by atoms with van der Waals surface area (Å²) >= 11 is 2.06. The van der Waals surface area contributed by atoms with Crippen LogP contribution in [0.4, 0.5) is 5.69 Å². The molecule has 0 unspecified atom stereocenters. The van der Waals surface area contributed by atoms with Crippen LogP contribution in [-0.2, 0) is 4.79 Å². The van der Waals surface area contributed by atoms with Gasteiger partial charge < -0.3 is 5.32 Å².